The fourth-order valence-electron chi connectivity index (χ4n) is 1.70. The Morgan fingerprint density at radius 1 is 0.783 bits per heavy atom. The predicted molar refractivity (Wildman–Crippen MR) is 80.8 cm³/mol. The lowest BCUT2D eigenvalue weighted by Crippen LogP contribution is -2.46. The summed E-state index contributed by atoms with van der Waals surface area (Å²) in [7, 11) is 0. The minimum Gasteiger partial charge on any atom is -0.343 e. The third-order valence-corrected chi connectivity index (χ3v) is 2.87. The van der Waals surface area contributed by atoms with Crippen molar-refractivity contribution < 1.29 is 18.8 Å². The number of rotatable bonds is 4. The van der Waals surface area contributed by atoms with Crippen molar-refractivity contribution in [1.29, 1.82) is 0 Å². The number of hydrogen-bond donors (Lipinski definition) is 3. The molecule has 2 aromatic carbocycles. The Labute approximate surface area is 131 Å². The molecule has 2 rings (SSSR count). The van der Waals surface area contributed by atoms with Crippen LogP contribution in [0.4, 0.5) is 4.39 Å². The van der Waals surface area contributed by atoms with E-state index in [9.17, 15) is 18.8 Å². The first kappa shape index (κ1) is 16.2. The van der Waals surface area contributed by atoms with E-state index < -0.39 is 23.5 Å². The number of carbonyl (C=O) groups excluding carboxylic acids is 3. The number of halogens is 1. The van der Waals surface area contributed by atoms with E-state index in [0.29, 0.717) is 5.56 Å². The van der Waals surface area contributed by atoms with Gasteiger partial charge in [-0.25, -0.2) is 4.39 Å². The van der Waals surface area contributed by atoms with Crippen LogP contribution in [-0.4, -0.2) is 24.3 Å². The summed E-state index contributed by atoms with van der Waals surface area (Å²) in [4.78, 5) is 35.0. The third kappa shape index (κ3) is 4.92. The van der Waals surface area contributed by atoms with Gasteiger partial charge in [-0.05, 0) is 36.4 Å². The van der Waals surface area contributed by atoms with Crippen LogP contribution in [0.1, 0.15) is 20.7 Å². The molecular weight excluding hydrogens is 301 g/mol. The standard InChI is InChI=1S/C16H14FN3O3/c17-13-8-6-12(7-9-13)15(22)18-10-14(21)19-20-16(23)11-4-2-1-3-5-11/h1-9H,10H2,(H,18,22)(H,19,21)(H,20,23). The number of carbonyl (C=O) groups is 3. The van der Waals surface area contributed by atoms with Crippen LogP contribution in [0, 0.1) is 5.82 Å². The number of nitrogens with one attached hydrogen (secondary N) is 3. The van der Waals surface area contributed by atoms with Crippen LogP contribution in [-0.2, 0) is 4.79 Å². The minimum absolute atomic E-state index is 0.229. The zero-order valence-corrected chi connectivity index (χ0v) is 12.0. The quantitative estimate of drug-likeness (QED) is 0.736. The maximum absolute atomic E-state index is 12.7. The van der Waals surface area contributed by atoms with Crippen molar-refractivity contribution in [2.45, 2.75) is 0 Å². The van der Waals surface area contributed by atoms with E-state index in [-0.39, 0.29) is 12.1 Å². The van der Waals surface area contributed by atoms with Gasteiger partial charge in [0, 0.05) is 11.1 Å². The fraction of sp³-hybridized carbons (Fsp3) is 0.0625. The molecule has 0 aliphatic carbocycles. The van der Waals surface area contributed by atoms with Crippen LogP contribution >= 0.6 is 0 Å². The minimum atomic E-state index is -0.593. The van der Waals surface area contributed by atoms with E-state index in [1.807, 2.05) is 0 Å². The SMILES string of the molecule is O=C(CNC(=O)c1ccc(F)cc1)NNC(=O)c1ccccc1. The average molecular weight is 315 g/mol. The zero-order valence-electron chi connectivity index (χ0n) is 12.0. The highest BCUT2D eigenvalue weighted by atomic mass is 19.1. The molecule has 3 N–H and O–H groups in total. The van der Waals surface area contributed by atoms with Gasteiger partial charge >= 0.3 is 0 Å². The summed E-state index contributed by atoms with van der Waals surface area (Å²) < 4.78 is 12.7. The normalized spacial score (nSPS) is 9.78. The molecule has 2 aromatic rings. The van der Waals surface area contributed by atoms with Crippen LogP contribution in [0.25, 0.3) is 0 Å². The summed E-state index contributed by atoms with van der Waals surface area (Å²) >= 11 is 0. The molecule has 0 bridgehead atoms. The van der Waals surface area contributed by atoms with E-state index in [2.05, 4.69) is 16.2 Å². The second kappa shape index (κ2) is 7.69. The van der Waals surface area contributed by atoms with Crippen LogP contribution < -0.4 is 16.2 Å². The van der Waals surface area contributed by atoms with Crippen molar-refractivity contribution in [1.82, 2.24) is 16.2 Å². The Kier molecular flexibility index (Phi) is 5.40. The van der Waals surface area contributed by atoms with E-state index in [4.69, 9.17) is 0 Å². The molecule has 0 heterocycles. The van der Waals surface area contributed by atoms with Gasteiger partial charge in [0.05, 0.1) is 6.54 Å². The summed E-state index contributed by atoms with van der Waals surface area (Å²) in [5.41, 5.74) is 5.03. The number of hydrogen-bond acceptors (Lipinski definition) is 3. The van der Waals surface area contributed by atoms with Gasteiger partial charge in [0.2, 0.25) is 0 Å². The number of hydrazine groups is 1. The maximum Gasteiger partial charge on any atom is 0.269 e. The van der Waals surface area contributed by atoms with Crippen molar-refractivity contribution in [2.24, 2.45) is 0 Å². The molecule has 0 unspecified atom stereocenters. The van der Waals surface area contributed by atoms with Crippen molar-refractivity contribution in [2.75, 3.05) is 6.54 Å². The molecule has 7 heteroatoms. The summed E-state index contributed by atoms with van der Waals surface area (Å²) in [6, 6.07) is 13.2. The Hall–Kier alpha value is -3.22. The first-order chi connectivity index (χ1) is 11.1. The lowest BCUT2D eigenvalue weighted by Gasteiger charge is -2.08. The summed E-state index contributed by atoms with van der Waals surface area (Å²) in [6.07, 6.45) is 0. The lowest BCUT2D eigenvalue weighted by molar-refractivity contribution is -0.120. The molecular formula is C16H14FN3O3. The largest absolute Gasteiger partial charge is 0.343 e. The molecule has 0 aliphatic heterocycles. The Morgan fingerprint density at radius 2 is 1.39 bits per heavy atom. The van der Waals surface area contributed by atoms with E-state index in [1.54, 1.807) is 30.3 Å². The summed E-state index contributed by atoms with van der Waals surface area (Å²) in [5.74, 6) is -2.04. The molecule has 0 aliphatic rings. The molecule has 23 heavy (non-hydrogen) atoms. The van der Waals surface area contributed by atoms with Crippen LogP contribution in [0.15, 0.2) is 54.6 Å². The van der Waals surface area contributed by atoms with Crippen molar-refractivity contribution in [3.8, 4) is 0 Å². The maximum atomic E-state index is 12.7. The second-order valence-electron chi connectivity index (χ2n) is 4.56. The van der Waals surface area contributed by atoms with Gasteiger partial charge in [0.25, 0.3) is 17.7 Å². The molecule has 6 nitrogen and oxygen atoms in total. The molecule has 0 fully saturated rings. The molecule has 0 radical (unpaired) electrons. The molecule has 3 amide bonds. The summed E-state index contributed by atoms with van der Waals surface area (Å²) in [5, 5.41) is 2.36. The highest BCUT2D eigenvalue weighted by molar-refractivity contribution is 5.97. The van der Waals surface area contributed by atoms with Gasteiger partial charge in [-0.1, -0.05) is 18.2 Å². The zero-order chi connectivity index (χ0) is 16.7. The van der Waals surface area contributed by atoms with Crippen molar-refractivity contribution in [3.05, 3.63) is 71.5 Å². The first-order valence-corrected chi connectivity index (χ1v) is 6.74. The molecule has 0 saturated heterocycles. The van der Waals surface area contributed by atoms with Gasteiger partial charge in [-0.2, -0.15) is 0 Å². The highest BCUT2D eigenvalue weighted by Crippen LogP contribution is 2.02. The second-order valence-corrected chi connectivity index (χ2v) is 4.56. The molecule has 118 valence electrons. The van der Waals surface area contributed by atoms with Gasteiger partial charge in [0.1, 0.15) is 5.82 Å². The van der Waals surface area contributed by atoms with Crippen LogP contribution in [0.2, 0.25) is 0 Å². The molecule has 0 atom stereocenters. The van der Waals surface area contributed by atoms with Gasteiger partial charge in [-0.15, -0.1) is 0 Å². The fourth-order valence-corrected chi connectivity index (χ4v) is 1.70. The Bertz CT molecular complexity index is 702. The van der Waals surface area contributed by atoms with Crippen molar-refractivity contribution >= 4 is 17.7 Å². The summed E-state index contributed by atoms with van der Waals surface area (Å²) in [6.45, 7) is -0.328. The predicted octanol–water partition coefficient (Wildman–Crippen LogP) is 1.02. The van der Waals surface area contributed by atoms with Gasteiger partial charge in [-0.3, -0.25) is 25.2 Å². The number of amides is 3. The van der Waals surface area contributed by atoms with Crippen LogP contribution in [0.3, 0.4) is 0 Å². The Balaban J connectivity index is 1.76. The molecule has 0 spiro atoms. The monoisotopic (exact) mass is 315 g/mol. The molecule has 0 aromatic heterocycles. The average Bonchev–Trinajstić information content (AvgIpc) is 2.59. The van der Waals surface area contributed by atoms with E-state index in [1.165, 1.54) is 12.1 Å². The first-order valence-electron chi connectivity index (χ1n) is 6.74. The van der Waals surface area contributed by atoms with E-state index in [0.717, 1.165) is 12.1 Å². The van der Waals surface area contributed by atoms with Gasteiger partial charge in [0.15, 0.2) is 0 Å². The van der Waals surface area contributed by atoms with Crippen molar-refractivity contribution in [3.63, 3.8) is 0 Å². The third-order valence-electron chi connectivity index (χ3n) is 2.87. The molecule has 0 saturated carbocycles. The topological polar surface area (TPSA) is 87.3 Å². The Morgan fingerprint density at radius 3 is 2.04 bits per heavy atom. The highest BCUT2D eigenvalue weighted by Gasteiger charge is 2.09. The smallest absolute Gasteiger partial charge is 0.269 e. The van der Waals surface area contributed by atoms with E-state index >= 15 is 0 Å². The lowest BCUT2D eigenvalue weighted by atomic mass is 10.2. The van der Waals surface area contributed by atoms with Gasteiger partial charge < -0.3 is 5.32 Å². The van der Waals surface area contributed by atoms with Crippen LogP contribution in [0.5, 0.6) is 0 Å². The number of benzene rings is 2.